The third kappa shape index (κ3) is 2.45. The minimum atomic E-state index is -1.64. The average Bonchev–Trinajstić information content (AvgIpc) is 2.24. The summed E-state index contributed by atoms with van der Waals surface area (Å²) in [5.74, 6) is -1.85. The molecule has 16 heavy (non-hydrogen) atoms. The highest BCUT2D eigenvalue weighted by Gasteiger charge is 2.26. The third-order valence-corrected chi connectivity index (χ3v) is 2.62. The van der Waals surface area contributed by atoms with Crippen molar-refractivity contribution in [2.24, 2.45) is 0 Å². The van der Waals surface area contributed by atoms with Gasteiger partial charge in [-0.15, -0.1) is 0 Å². The maximum Gasteiger partial charge on any atom is 0.339 e. The lowest BCUT2D eigenvalue weighted by molar-refractivity contribution is -0.153. The van der Waals surface area contributed by atoms with Gasteiger partial charge in [0.05, 0.1) is 12.2 Å². The van der Waals surface area contributed by atoms with Crippen LogP contribution in [0.4, 0.5) is 0 Å². The lowest BCUT2D eigenvalue weighted by atomic mass is 10.1. The van der Waals surface area contributed by atoms with E-state index in [1.54, 1.807) is 6.92 Å². The molecule has 1 aromatic carbocycles. The van der Waals surface area contributed by atoms with Crippen LogP contribution in [0.15, 0.2) is 16.6 Å². The van der Waals surface area contributed by atoms with Gasteiger partial charge < -0.3 is 20.1 Å². The number of benzene rings is 1. The monoisotopic (exact) mass is 290 g/mol. The fourth-order valence-corrected chi connectivity index (χ4v) is 1.71. The van der Waals surface area contributed by atoms with Crippen LogP contribution in [0.3, 0.4) is 0 Å². The Morgan fingerprint density at radius 1 is 1.50 bits per heavy atom. The zero-order valence-electron chi connectivity index (χ0n) is 8.48. The van der Waals surface area contributed by atoms with Gasteiger partial charge in [0.2, 0.25) is 0 Å². The fourth-order valence-electron chi connectivity index (χ4n) is 1.17. The van der Waals surface area contributed by atoms with E-state index in [2.05, 4.69) is 20.7 Å². The second-order valence-electron chi connectivity index (χ2n) is 2.98. The summed E-state index contributed by atoms with van der Waals surface area (Å²) in [5, 5.41) is 28.4. The number of aliphatic hydroxyl groups excluding tert-OH is 1. The van der Waals surface area contributed by atoms with E-state index in [9.17, 15) is 20.1 Å². The van der Waals surface area contributed by atoms with Gasteiger partial charge in [0.1, 0.15) is 0 Å². The average molecular weight is 291 g/mol. The molecule has 0 heterocycles. The number of hydrogen-bond acceptors (Lipinski definition) is 5. The Morgan fingerprint density at radius 2 is 2.12 bits per heavy atom. The molecule has 0 amide bonds. The molecular weight excluding hydrogens is 280 g/mol. The van der Waals surface area contributed by atoms with E-state index in [1.807, 2.05) is 0 Å². The normalized spacial score (nSPS) is 12.2. The second-order valence-corrected chi connectivity index (χ2v) is 3.84. The Morgan fingerprint density at radius 3 is 2.69 bits per heavy atom. The molecule has 1 atom stereocenters. The highest BCUT2D eigenvalue weighted by Crippen LogP contribution is 2.38. The first-order valence-electron chi connectivity index (χ1n) is 4.54. The molecule has 0 radical (unpaired) electrons. The molecule has 0 saturated heterocycles. The molecule has 0 spiro atoms. The van der Waals surface area contributed by atoms with Crippen molar-refractivity contribution in [2.75, 3.05) is 6.61 Å². The third-order valence-electron chi connectivity index (χ3n) is 1.93. The van der Waals surface area contributed by atoms with Crippen LogP contribution < -0.4 is 0 Å². The maximum atomic E-state index is 11.3. The number of aromatic hydroxyl groups is 2. The highest BCUT2D eigenvalue weighted by molar-refractivity contribution is 9.10. The molecule has 0 aliphatic carbocycles. The van der Waals surface area contributed by atoms with Gasteiger partial charge in [-0.2, -0.15) is 0 Å². The van der Waals surface area contributed by atoms with E-state index in [0.29, 0.717) is 4.47 Å². The zero-order chi connectivity index (χ0) is 12.3. The Bertz CT molecular complexity index is 404. The van der Waals surface area contributed by atoms with Crippen molar-refractivity contribution >= 4 is 21.9 Å². The predicted octanol–water partition coefficient (Wildman–Crippen LogP) is 1.46. The number of ether oxygens (including phenoxy) is 1. The second kappa shape index (κ2) is 5.18. The van der Waals surface area contributed by atoms with Crippen LogP contribution >= 0.6 is 15.9 Å². The molecule has 0 fully saturated rings. The van der Waals surface area contributed by atoms with E-state index in [0.717, 1.165) is 0 Å². The Hall–Kier alpha value is -1.27. The van der Waals surface area contributed by atoms with Crippen LogP contribution in [0.1, 0.15) is 18.6 Å². The van der Waals surface area contributed by atoms with E-state index >= 15 is 0 Å². The Labute approximate surface area is 100 Å². The standard InChI is InChI=1S/C10H11BrO5/c1-2-16-10(15)9(14)7-5(11)3-4-6(12)8(7)13/h3-4,9,12-14H,2H2,1H3. The van der Waals surface area contributed by atoms with Crippen molar-refractivity contribution in [3.63, 3.8) is 0 Å². The predicted molar refractivity (Wildman–Crippen MR) is 59.1 cm³/mol. The summed E-state index contributed by atoms with van der Waals surface area (Å²) in [6.45, 7) is 1.72. The van der Waals surface area contributed by atoms with Gasteiger partial charge in [0.15, 0.2) is 17.6 Å². The quantitative estimate of drug-likeness (QED) is 0.579. The van der Waals surface area contributed by atoms with Gasteiger partial charge in [-0.3, -0.25) is 0 Å². The molecule has 6 heteroatoms. The number of hydrogen-bond donors (Lipinski definition) is 3. The number of rotatable bonds is 3. The van der Waals surface area contributed by atoms with E-state index < -0.39 is 23.6 Å². The van der Waals surface area contributed by atoms with Gasteiger partial charge in [0, 0.05) is 4.47 Å². The van der Waals surface area contributed by atoms with Gasteiger partial charge >= 0.3 is 5.97 Å². The lowest BCUT2D eigenvalue weighted by Gasteiger charge is -2.13. The molecular formula is C10H11BrO5. The van der Waals surface area contributed by atoms with Crippen molar-refractivity contribution in [1.82, 2.24) is 0 Å². The smallest absolute Gasteiger partial charge is 0.339 e. The maximum absolute atomic E-state index is 11.3. The van der Waals surface area contributed by atoms with Crippen LogP contribution in [0.5, 0.6) is 11.5 Å². The number of aliphatic hydroxyl groups is 1. The van der Waals surface area contributed by atoms with E-state index in [4.69, 9.17) is 0 Å². The van der Waals surface area contributed by atoms with Gasteiger partial charge in [0.25, 0.3) is 0 Å². The Kier molecular flexibility index (Phi) is 4.14. The van der Waals surface area contributed by atoms with Crippen LogP contribution in [0.25, 0.3) is 0 Å². The molecule has 1 unspecified atom stereocenters. The number of halogens is 1. The molecule has 5 nitrogen and oxygen atoms in total. The summed E-state index contributed by atoms with van der Waals surface area (Å²) in [5.41, 5.74) is -0.113. The van der Waals surface area contributed by atoms with Gasteiger partial charge in [-0.25, -0.2) is 4.79 Å². The summed E-state index contributed by atoms with van der Waals surface area (Å²) in [7, 11) is 0. The minimum Gasteiger partial charge on any atom is -0.504 e. The number of phenols is 2. The van der Waals surface area contributed by atoms with Crippen LogP contribution in [0, 0.1) is 0 Å². The summed E-state index contributed by atoms with van der Waals surface area (Å²) in [4.78, 5) is 11.3. The topological polar surface area (TPSA) is 87.0 Å². The molecule has 88 valence electrons. The minimum absolute atomic E-state index is 0.113. The fraction of sp³-hybridized carbons (Fsp3) is 0.300. The van der Waals surface area contributed by atoms with Crippen molar-refractivity contribution in [1.29, 1.82) is 0 Å². The van der Waals surface area contributed by atoms with Crippen LogP contribution in [-0.2, 0) is 9.53 Å². The molecule has 1 aromatic rings. The molecule has 0 aliphatic heterocycles. The van der Waals surface area contributed by atoms with Gasteiger partial charge in [-0.05, 0) is 19.1 Å². The zero-order valence-corrected chi connectivity index (χ0v) is 10.1. The molecule has 3 N–H and O–H groups in total. The SMILES string of the molecule is CCOC(=O)C(O)c1c(Br)ccc(O)c1O. The van der Waals surface area contributed by atoms with E-state index in [-0.39, 0.29) is 12.2 Å². The van der Waals surface area contributed by atoms with Crippen molar-refractivity contribution in [2.45, 2.75) is 13.0 Å². The summed E-state index contributed by atoms with van der Waals surface area (Å²) < 4.78 is 4.91. The highest BCUT2D eigenvalue weighted by atomic mass is 79.9. The molecule has 0 bridgehead atoms. The largest absolute Gasteiger partial charge is 0.504 e. The van der Waals surface area contributed by atoms with Crippen LogP contribution in [-0.4, -0.2) is 27.9 Å². The summed E-state index contributed by atoms with van der Waals surface area (Å²) in [6, 6.07) is 2.65. The number of phenolic OH excluding ortho intramolecular Hbond substituents is 2. The van der Waals surface area contributed by atoms with Crippen molar-refractivity contribution < 1.29 is 24.9 Å². The van der Waals surface area contributed by atoms with Gasteiger partial charge in [-0.1, -0.05) is 15.9 Å². The summed E-state index contributed by atoms with van der Waals surface area (Å²) in [6.07, 6.45) is -1.64. The van der Waals surface area contributed by atoms with Crippen LogP contribution in [0.2, 0.25) is 0 Å². The molecule has 0 saturated carbocycles. The molecule has 0 aliphatic rings. The molecule has 1 rings (SSSR count). The van der Waals surface area contributed by atoms with E-state index in [1.165, 1.54) is 12.1 Å². The first kappa shape index (κ1) is 12.8. The van der Waals surface area contributed by atoms with Crippen molar-refractivity contribution in [3.8, 4) is 11.5 Å². The molecule has 0 aromatic heterocycles. The number of carbonyl (C=O) groups is 1. The lowest BCUT2D eigenvalue weighted by Crippen LogP contribution is -2.16. The number of esters is 1. The van der Waals surface area contributed by atoms with Crippen molar-refractivity contribution in [3.05, 3.63) is 22.2 Å². The number of carbonyl (C=O) groups excluding carboxylic acids is 1. The Balaban J connectivity index is 3.12. The first-order chi connectivity index (χ1) is 7.49. The summed E-state index contributed by atoms with van der Waals surface area (Å²) >= 11 is 3.06. The first-order valence-corrected chi connectivity index (χ1v) is 5.33.